The van der Waals surface area contributed by atoms with Gasteiger partial charge in [0.25, 0.3) is 5.79 Å². The molecule has 10 heteroatoms. The Labute approximate surface area is 119 Å². The molecular weight excluding hydrogens is 290 g/mol. The number of carboxylic acid groups (broad SMARTS) is 1. The maximum atomic E-state index is 11.1. The summed E-state index contributed by atoms with van der Waals surface area (Å²) < 4.78 is 4.86. The zero-order valence-electron chi connectivity index (χ0n) is 11.2. The monoisotopic (exact) mass is 309 g/mol. The first-order valence-electron chi connectivity index (χ1n) is 6.18. The molecule has 0 radical (unpaired) electrons. The van der Waals surface area contributed by atoms with Gasteiger partial charge in [-0.3, -0.25) is 4.79 Å². The standard InChI is InChI=1S/C11H19NO9/c1-4(14)12-7-5(15)2-11(20,10(18)19)21-9(7)8(17)6(16)3-13/h5-9,13,15-17,20H,2-3H2,1H3,(H,12,14)(H,18,19)/t5-,6?,7+,8+,9+,11-/m0/s1. The van der Waals surface area contributed by atoms with Crippen LogP contribution in [0.2, 0.25) is 0 Å². The number of hydrogen-bond acceptors (Lipinski definition) is 8. The van der Waals surface area contributed by atoms with Crippen LogP contribution in [0.1, 0.15) is 13.3 Å². The Morgan fingerprint density at radius 1 is 1.43 bits per heavy atom. The molecule has 1 aliphatic heterocycles. The first-order valence-corrected chi connectivity index (χ1v) is 6.18. The van der Waals surface area contributed by atoms with Crippen LogP contribution in [0.4, 0.5) is 0 Å². The van der Waals surface area contributed by atoms with Crippen LogP contribution in [0.15, 0.2) is 0 Å². The van der Waals surface area contributed by atoms with Crippen molar-refractivity contribution in [3.05, 3.63) is 0 Å². The molecule has 1 unspecified atom stereocenters. The molecule has 0 saturated carbocycles. The lowest BCUT2D eigenvalue weighted by atomic mass is 9.88. The van der Waals surface area contributed by atoms with Crippen LogP contribution >= 0.6 is 0 Å². The highest BCUT2D eigenvalue weighted by molar-refractivity contribution is 5.76. The van der Waals surface area contributed by atoms with Gasteiger partial charge in [0.15, 0.2) is 0 Å². The highest BCUT2D eigenvalue weighted by Crippen LogP contribution is 2.30. The molecule has 0 aromatic rings. The largest absolute Gasteiger partial charge is 0.477 e. The number of carbonyl (C=O) groups excluding carboxylic acids is 1. The Morgan fingerprint density at radius 2 is 2.00 bits per heavy atom. The zero-order valence-corrected chi connectivity index (χ0v) is 11.2. The van der Waals surface area contributed by atoms with Crippen LogP contribution in [0, 0.1) is 0 Å². The third-order valence-corrected chi connectivity index (χ3v) is 3.21. The average molecular weight is 309 g/mol. The van der Waals surface area contributed by atoms with Gasteiger partial charge in [0, 0.05) is 13.3 Å². The maximum Gasteiger partial charge on any atom is 0.364 e. The summed E-state index contributed by atoms with van der Waals surface area (Å²) in [6.45, 7) is 0.256. The molecule has 0 aromatic heterocycles. The summed E-state index contributed by atoms with van der Waals surface area (Å²) in [6, 6.07) is -1.27. The molecule has 0 bridgehead atoms. The average Bonchev–Trinajstić information content (AvgIpc) is 2.39. The van der Waals surface area contributed by atoms with Crippen molar-refractivity contribution in [2.75, 3.05) is 6.61 Å². The van der Waals surface area contributed by atoms with Gasteiger partial charge in [-0.25, -0.2) is 4.79 Å². The Kier molecular flexibility index (Phi) is 5.61. The molecular formula is C11H19NO9. The summed E-state index contributed by atoms with van der Waals surface area (Å²) in [7, 11) is 0. The number of aliphatic carboxylic acids is 1. The second-order valence-corrected chi connectivity index (χ2v) is 4.91. The van der Waals surface area contributed by atoms with Crippen LogP contribution in [-0.2, 0) is 14.3 Å². The zero-order chi connectivity index (χ0) is 16.4. The summed E-state index contributed by atoms with van der Waals surface area (Å²) >= 11 is 0. The van der Waals surface area contributed by atoms with Crippen molar-refractivity contribution in [2.24, 2.45) is 0 Å². The molecule has 6 atom stereocenters. The van der Waals surface area contributed by atoms with Gasteiger partial charge in [-0.1, -0.05) is 0 Å². The number of carbonyl (C=O) groups is 2. The summed E-state index contributed by atoms with van der Waals surface area (Å²) in [5.41, 5.74) is 0. The molecule has 21 heavy (non-hydrogen) atoms. The van der Waals surface area contributed by atoms with Gasteiger partial charge in [-0.05, 0) is 0 Å². The molecule has 1 aliphatic rings. The lowest BCUT2D eigenvalue weighted by Gasteiger charge is -2.44. The molecule has 1 saturated heterocycles. The molecule has 0 aromatic carbocycles. The van der Waals surface area contributed by atoms with Gasteiger partial charge in [-0.15, -0.1) is 0 Å². The van der Waals surface area contributed by atoms with Crippen LogP contribution < -0.4 is 5.32 Å². The molecule has 122 valence electrons. The third-order valence-electron chi connectivity index (χ3n) is 3.21. The molecule has 0 aliphatic carbocycles. The number of rotatable bonds is 5. The number of nitrogens with one attached hydrogen (secondary N) is 1. The van der Waals surface area contributed by atoms with Crippen molar-refractivity contribution in [3.63, 3.8) is 0 Å². The summed E-state index contributed by atoms with van der Waals surface area (Å²) in [5, 5.41) is 59.0. The number of hydrogen-bond donors (Lipinski definition) is 7. The minimum Gasteiger partial charge on any atom is -0.477 e. The number of ether oxygens (including phenoxy) is 1. The molecule has 0 spiro atoms. The van der Waals surface area contributed by atoms with Gasteiger partial charge in [-0.2, -0.15) is 0 Å². The smallest absolute Gasteiger partial charge is 0.364 e. The number of amides is 1. The molecule has 1 rings (SSSR count). The van der Waals surface area contributed by atoms with Gasteiger partial charge < -0.3 is 40.7 Å². The van der Waals surface area contributed by atoms with Crippen LogP contribution in [-0.4, -0.2) is 85.4 Å². The van der Waals surface area contributed by atoms with E-state index in [0.29, 0.717) is 0 Å². The van der Waals surface area contributed by atoms with Gasteiger partial charge in [0.05, 0.1) is 18.8 Å². The van der Waals surface area contributed by atoms with Gasteiger partial charge in [0.1, 0.15) is 18.3 Å². The molecule has 1 fully saturated rings. The lowest BCUT2D eigenvalue weighted by Crippen LogP contribution is -2.67. The highest BCUT2D eigenvalue weighted by Gasteiger charge is 2.53. The van der Waals surface area contributed by atoms with Gasteiger partial charge >= 0.3 is 5.97 Å². The Balaban J connectivity index is 3.07. The van der Waals surface area contributed by atoms with E-state index in [9.17, 15) is 30.0 Å². The first-order chi connectivity index (χ1) is 9.62. The van der Waals surface area contributed by atoms with E-state index < -0.39 is 61.1 Å². The Morgan fingerprint density at radius 3 is 2.43 bits per heavy atom. The predicted molar refractivity (Wildman–Crippen MR) is 64.8 cm³/mol. The van der Waals surface area contributed by atoms with E-state index >= 15 is 0 Å². The molecule has 7 N–H and O–H groups in total. The Hall–Kier alpha value is -1.30. The van der Waals surface area contributed by atoms with Crippen molar-refractivity contribution in [1.29, 1.82) is 0 Å². The maximum absolute atomic E-state index is 11.1. The van der Waals surface area contributed by atoms with Crippen LogP contribution in [0.3, 0.4) is 0 Å². The van der Waals surface area contributed by atoms with E-state index in [0.717, 1.165) is 6.92 Å². The van der Waals surface area contributed by atoms with Crippen LogP contribution in [0.5, 0.6) is 0 Å². The summed E-state index contributed by atoms with van der Waals surface area (Å²) in [4.78, 5) is 22.1. The quantitative estimate of drug-likeness (QED) is 0.268. The summed E-state index contributed by atoms with van der Waals surface area (Å²) in [5.74, 6) is -5.17. The number of carboxylic acids is 1. The lowest BCUT2D eigenvalue weighted by molar-refractivity contribution is -0.295. The van der Waals surface area contributed by atoms with Crippen molar-refractivity contribution in [2.45, 2.75) is 49.6 Å². The first kappa shape index (κ1) is 17.8. The highest BCUT2D eigenvalue weighted by atomic mass is 16.7. The van der Waals surface area contributed by atoms with Crippen molar-refractivity contribution in [3.8, 4) is 0 Å². The van der Waals surface area contributed by atoms with E-state index in [1.807, 2.05) is 0 Å². The molecule has 10 nitrogen and oxygen atoms in total. The van der Waals surface area contributed by atoms with E-state index in [1.165, 1.54) is 0 Å². The van der Waals surface area contributed by atoms with E-state index in [4.69, 9.17) is 14.9 Å². The number of aliphatic hydroxyl groups is 5. The minimum absolute atomic E-state index is 0.598. The van der Waals surface area contributed by atoms with Crippen LogP contribution in [0.25, 0.3) is 0 Å². The van der Waals surface area contributed by atoms with Crippen molar-refractivity contribution in [1.82, 2.24) is 5.32 Å². The van der Waals surface area contributed by atoms with Crippen molar-refractivity contribution >= 4 is 11.9 Å². The number of aliphatic hydroxyl groups excluding tert-OH is 4. The minimum atomic E-state index is -2.78. The van der Waals surface area contributed by atoms with Crippen molar-refractivity contribution < 1.29 is 45.0 Å². The molecule has 1 heterocycles. The third kappa shape index (κ3) is 3.87. The molecule has 1 amide bonds. The van der Waals surface area contributed by atoms with Gasteiger partial charge in [0.2, 0.25) is 5.91 Å². The fourth-order valence-electron chi connectivity index (χ4n) is 2.14. The fraction of sp³-hybridized carbons (Fsp3) is 0.818. The fourth-order valence-corrected chi connectivity index (χ4v) is 2.14. The topological polar surface area (TPSA) is 177 Å². The SMILES string of the molecule is CC(=O)N[C@H]1[C@H]([C@H](O)C(O)CO)O[C@](O)(C(=O)O)C[C@@H]1O. The Bertz CT molecular complexity index is 403. The second kappa shape index (κ2) is 6.64. The van der Waals surface area contributed by atoms with E-state index in [2.05, 4.69) is 5.32 Å². The summed E-state index contributed by atoms with van der Waals surface area (Å²) in [6.07, 6.45) is -7.48. The van der Waals surface area contributed by atoms with E-state index in [-0.39, 0.29) is 0 Å². The van der Waals surface area contributed by atoms with E-state index in [1.54, 1.807) is 0 Å². The predicted octanol–water partition coefficient (Wildman–Crippen LogP) is -3.87. The second-order valence-electron chi connectivity index (χ2n) is 4.91. The normalized spacial score (nSPS) is 35.8.